The zero-order valence-electron chi connectivity index (χ0n) is 40.6. The third kappa shape index (κ3) is 25.8. The Morgan fingerprint density at radius 3 is 2.03 bits per heavy atom. The third-order valence-corrected chi connectivity index (χ3v) is 13.2. The summed E-state index contributed by atoms with van der Waals surface area (Å²) in [6.45, 7) is 2.70. The molecule has 0 amide bonds. The van der Waals surface area contributed by atoms with Crippen LogP contribution in [-0.4, -0.2) is 127 Å². The number of phosphoric acid groups is 1. The van der Waals surface area contributed by atoms with Crippen LogP contribution in [0.5, 0.6) is 0 Å². The van der Waals surface area contributed by atoms with Crippen molar-refractivity contribution in [1.82, 2.24) is 0 Å². The predicted molar refractivity (Wildman–Crippen MR) is 259 cm³/mol. The maximum atomic E-state index is 13.7. The first-order valence-electron chi connectivity index (χ1n) is 25.2. The number of hydrogen-bond donors (Lipinski definition) is 8. The van der Waals surface area contributed by atoms with Crippen molar-refractivity contribution in [3.05, 3.63) is 60.8 Å². The van der Waals surface area contributed by atoms with Crippen molar-refractivity contribution in [1.29, 1.82) is 0 Å². The van der Waals surface area contributed by atoms with Crippen LogP contribution in [0.2, 0.25) is 0 Å². The Bertz CT molecular complexity index is 1600. The molecular formula is C51H85O16P. The van der Waals surface area contributed by atoms with Gasteiger partial charge in [0.1, 0.15) is 36.8 Å². The largest absolute Gasteiger partial charge is 0.472 e. The Morgan fingerprint density at radius 1 is 0.735 bits per heavy atom. The van der Waals surface area contributed by atoms with Crippen molar-refractivity contribution < 1.29 is 78.1 Å². The molecule has 390 valence electrons. The number of unbranched alkanes of at least 4 members (excludes halogenated alkanes) is 8. The van der Waals surface area contributed by atoms with Crippen LogP contribution in [0.4, 0.5) is 0 Å². The minimum absolute atomic E-state index is 0.00917. The van der Waals surface area contributed by atoms with Gasteiger partial charge in [0, 0.05) is 25.2 Å². The number of fused-ring (bicyclic) bond motifs is 4. The number of esters is 2. The van der Waals surface area contributed by atoms with Crippen molar-refractivity contribution in [2.24, 2.45) is 11.8 Å². The molecule has 17 heteroatoms. The summed E-state index contributed by atoms with van der Waals surface area (Å²) in [6, 6.07) is 0. The number of carbonyl (C=O) groups is 3. The molecule has 2 aliphatic rings. The first-order chi connectivity index (χ1) is 32.6. The van der Waals surface area contributed by atoms with Crippen LogP contribution in [0, 0.1) is 11.8 Å². The summed E-state index contributed by atoms with van der Waals surface area (Å²) in [5, 5.41) is 78.7. The number of phosphoric ester groups is 1. The Hall–Kier alpha value is -2.86. The van der Waals surface area contributed by atoms with E-state index in [4.69, 9.17) is 18.5 Å². The van der Waals surface area contributed by atoms with Crippen LogP contribution >= 0.6 is 7.82 Å². The van der Waals surface area contributed by atoms with Crippen molar-refractivity contribution in [2.45, 2.75) is 216 Å². The molecule has 1 aliphatic carbocycles. The van der Waals surface area contributed by atoms with Gasteiger partial charge in [-0.2, -0.15) is 0 Å². The Kier molecular flexibility index (Phi) is 32.5. The van der Waals surface area contributed by atoms with E-state index < -0.39 is 112 Å². The van der Waals surface area contributed by atoms with Gasteiger partial charge in [-0.3, -0.25) is 23.4 Å². The number of carbonyl (C=O) groups excluding carboxylic acids is 3. The molecule has 68 heavy (non-hydrogen) atoms. The van der Waals surface area contributed by atoms with Crippen LogP contribution < -0.4 is 0 Å². The van der Waals surface area contributed by atoms with E-state index in [2.05, 4.69) is 55.5 Å². The second-order valence-corrected chi connectivity index (χ2v) is 19.5. The number of rotatable bonds is 23. The van der Waals surface area contributed by atoms with E-state index in [1.54, 1.807) is 0 Å². The van der Waals surface area contributed by atoms with Gasteiger partial charge < -0.3 is 50.1 Å². The highest BCUT2D eigenvalue weighted by Gasteiger charge is 2.49. The lowest BCUT2D eigenvalue weighted by Gasteiger charge is -2.37. The first kappa shape index (κ1) is 61.3. The quantitative estimate of drug-likeness (QED) is 0.0220. The number of aliphatic hydroxyl groups excluding tert-OH is 7. The van der Waals surface area contributed by atoms with Gasteiger partial charge in [0.2, 0.25) is 0 Å². The summed E-state index contributed by atoms with van der Waals surface area (Å²) < 4.78 is 34.8. The van der Waals surface area contributed by atoms with Crippen LogP contribution in [-0.2, 0) is 37.5 Å². The molecule has 1 heterocycles. The average Bonchev–Trinajstić information content (AvgIpc) is 3.31. The number of cyclic esters (lactones) is 1. The monoisotopic (exact) mass is 985 g/mol. The molecule has 0 aromatic rings. The lowest BCUT2D eigenvalue weighted by atomic mass is 9.82. The lowest BCUT2D eigenvalue weighted by Crippen LogP contribution is -2.55. The summed E-state index contributed by atoms with van der Waals surface area (Å²) in [7, 11) is -5.46. The van der Waals surface area contributed by atoms with Gasteiger partial charge in [0.15, 0.2) is 6.10 Å². The molecule has 0 radical (unpaired) electrons. The van der Waals surface area contributed by atoms with Crippen LogP contribution in [0.15, 0.2) is 60.8 Å². The molecule has 0 aromatic carbocycles. The number of ether oxygens (including phenoxy) is 2. The van der Waals surface area contributed by atoms with Gasteiger partial charge in [-0.1, -0.05) is 139 Å². The normalized spacial score (nSPS) is 30.8. The van der Waals surface area contributed by atoms with E-state index >= 15 is 0 Å². The molecule has 1 saturated carbocycles. The minimum atomic E-state index is -5.46. The number of hydrogen-bond acceptors (Lipinski definition) is 15. The predicted octanol–water partition coefficient (Wildman–Crippen LogP) is 7.09. The maximum Gasteiger partial charge on any atom is 0.472 e. The minimum Gasteiger partial charge on any atom is -0.462 e. The van der Waals surface area contributed by atoms with Crippen LogP contribution in [0.1, 0.15) is 162 Å². The number of ketones is 1. The second kappa shape index (κ2) is 36.1. The molecule has 1 aliphatic heterocycles. The van der Waals surface area contributed by atoms with E-state index in [0.29, 0.717) is 44.9 Å². The molecular weight excluding hydrogens is 900 g/mol. The fourth-order valence-corrected chi connectivity index (χ4v) is 9.12. The number of aliphatic hydroxyl groups is 7. The molecule has 1 saturated heterocycles. The van der Waals surface area contributed by atoms with Crippen LogP contribution in [0.3, 0.4) is 0 Å². The van der Waals surface area contributed by atoms with E-state index in [0.717, 1.165) is 83.1 Å². The molecule has 2 rings (SSSR count). The zero-order valence-corrected chi connectivity index (χ0v) is 41.5. The highest BCUT2D eigenvalue weighted by atomic mass is 31.2. The van der Waals surface area contributed by atoms with Crippen molar-refractivity contribution in [2.75, 3.05) is 13.2 Å². The summed E-state index contributed by atoms with van der Waals surface area (Å²) >= 11 is 0. The molecule has 0 spiro atoms. The highest BCUT2D eigenvalue weighted by molar-refractivity contribution is 7.47. The molecule has 12 atom stereocenters. The molecule has 8 N–H and O–H groups in total. The maximum absolute atomic E-state index is 13.7. The van der Waals surface area contributed by atoms with Crippen LogP contribution in [0.25, 0.3) is 0 Å². The molecule has 16 nitrogen and oxygen atoms in total. The van der Waals surface area contributed by atoms with E-state index in [-0.39, 0.29) is 19.3 Å². The second-order valence-electron chi connectivity index (χ2n) is 18.1. The Balaban J connectivity index is 2.11. The van der Waals surface area contributed by atoms with E-state index in [1.165, 1.54) is 6.08 Å². The van der Waals surface area contributed by atoms with Gasteiger partial charge in [-0.15, -0.1) is 0 Å². The standard InChI is InChI=1S/C51H85O16P/c1-3-5-7-8-9-10-11-12-13-14-15-16-17-18-19-20-21-22-28-32-45(56)66-39-36-64-44(55)31-27-24-23-26-30-40-42(53)35-43(54)41(34-33-38(52)29-25-6-4-2)47(58)49(60)51(50(61)48(59)46(40)57)67-68(62,63)65-37-39/h5,7,9-10,12-13,15-16,33-34,38-42,46-53,57-61H,3-4,6,8,11,14,17-32,35-37H2,1-2H3,(H,62,63)/b7-5-,10-9-,13-12-,16-15-,34-33+/t38-,39+,40-,41-,42-,46+,47+,48-,49+,50+,51+/m0/s1. The highest BCUT2D eigenvalue weighted by Crippen LogP contribution is 2.47. The molecule has 2 fully saturated rings. The van der Waals surface area contributed by atoms with Crippen molar-refractivity contribution in [3.8, 4) is 0 Å². The van der Waals surface area contributed by atoms with Gasteiger partial charge >= 0.3 is 19.8 Å². The first-order valence-corrected chi connectivity index (χ1v) is 26.7. The zero-order chi connectivity index (χ0) is 50.2. The molecule has 0 aromatic heterocycles. The third-order valence-electron chi connectivity index (χ3n) is 12.2. The van der Waals surface area contributed by atoms with E-state index in [9.17, 15) is 59.6 Å². The Morgan fingerprint density at radius 2 is 1.35 bits per heavy atom. The summed E-state index contributed by atoms with van der Waals surface area (Å²) in [4.78, 5) is 50.3. The lowest BCUT2D eigenvalue weighted by molar-refractivity contribution is -0.167. The number of Topliss-reactive ketones (excluding diaryl/α,β-unsaturated/α-hetero) is 1. The molecule has 1 unspecified atom stereocenters. The SMILES string of the molecule is CC/C=C\C/C=C\C/C=C\C/C=C\CCCCCCCCC(=O)O[C@@H]1COC(=O)CCCCCC[C@@H]2[C@@H](O)[C@H](O)[C@@H](O)[C@H](OP(=O)(O)OC1)[C@H](O)[C@H](O)[C@@H](/C=C/[C@@H](O)CCCCC)C(=O)C[C@@H]2O. The number of allylic oxidation sites excluding steroid dienone is 8. The van der Waals surface area contributed by atoms with Crippen molar-refractivity contribution >= 4 is 25.5 Å². The van der Waals surface area contributed by atoms with Crippen molar-refractivity contribution in [3.63, 3.8) is 0 Å². The topological polar surface area (TPSA) is 267 Å². The molecule has 2 bridgehead atoms. The van der Waals surface area contributed by atoms with E-state index in [1.807, 2.05) is 6.92 Å². The average molecular weight is 985 g/mol. The summed E-state index contributed by atoms with van der Waals surface area (Å²) in [5.74, 6) is -5.02. The fraction of sp³-hybridized carbons (Fsp3) is 0.745. The summed E-state index contributed by atoms with van der Waals surface area (Å²) in [5.41, 5.74) is 0. The summed E-state index contributed by atoms with van der Waals surface area (Å²) in [6.07, 6.45) is 16.0. The van der Waals surface area contributed by atoms with Gasteiger partial charge in [-0.25, -0.2) is 4.57 Å². The van der Waals surface area contributed by atoms with Gasteiger partial charge in [0.25, 0.3) is 0 Å². The fourth-order valence-electron chi connectivity index (χ4n) is 8.15. The Labute approximate surface area is 404 Å². The smallest absolute Gasteiger partial charge is 0.462 e. The van der Waals surface area contributed by atoms with Gasteiger partial charge in [0.05, 0.1) is 36.9 Å². The van der Waals surface area contributed by atoms with Gasteiger partial charge in [-0.05, 0) is 64.2 Å².